The van der Waals surface area contributed by atoms with Crippen molar-refractivity contribution >= 4 is 29.0 Å². The highest BCUT2D eigenvalue weighted by atomic mass is 32.2. The number of ether oxygens (including phenoxy) is 1. The first kappa shape index (κ1) is 19.4. The van der Waals surface area contributed by atoms with Crippen molar-refractivity contribution in [3.05, 3.63) is 54.6 Å². The van der Waals surface area contributed by atoms with Gasteiger partial charge in [-0.15, -0.1) is 5.10 Å². The topological polar surface area (TPSA) is 85.2 Å². The molecule has 3 aromatic rings. The Hall–Kier alpha value is -2.91. The number of anilines is 2. The molecular weight excluding hydrogens is 388 g/mol. The predicted octanol–water partition coefficient (Wildman–Crippen LogP) is 2.62. The van der Waals surface area contributed by atoms with Gasteiger partial charge in [0, 0.05) is 24.5 Å². The number of para-hydroxylation sites is 1. The second kappa shape index (κ2) is 9.06. The summed E-state index contributed by atoms with van der Waals surface area (Å²) in [6, 6.07) is 17.5. The van der Waals surface area contributed by atoms with Gasteiger partial charge in [0.25, 0.3) is 0 Å². The van der Waals surface area contributed by atoms with Crippen LogP contribution >= 0.6 is 11.8 Å². The maximum atomic E-state index is 12.6. The van der Waals surface area contributed by atoms with Crippen LogP contribution in [0.3, 0.4) is 0 Å². The van der Waals surface area contributed by atoms with Crippen LogP contribution in [0.15, 0.2) is 59.8 Å². The van der Waals surface area contributed by atoms with Gasteiger partial charge in [0.05, 0.1) is 24.2 Å². The summed E-state index contributed by atoms with van der Waals surface area (Å²) < 4.78 is 7.02. The molecule has 0 spiro atoms. The molecule has 1 aromatic heterocycles. The van der Waals surface area contributed by atoms with Gasteiger partial charge in [-0.3, -0.25) is 4.79 Å². The summed E-state index contributed by atoms with van der Waals surface area (Å²) in [4.78, 5) is 14.9. The summed E-state index contributed by atoms with van der Waals surface area (Å²) in [6.07, 6.45) is 0. The first-order valence-corrected chi connectivity index (χ1v) is 10.3. The third-order valence-electron chi connectivity index (χ3n) is 4.60. The number of carbonyl (C=O) groups is 1. The number of aromatic nitrogens is 4. The van der Waals surface area contributed by atoms with Crippen LogP contribution in [0.2, 0.25) is 0 Å². The second-order valence-corrected chi connectivity index (χ2v) is 7.91. The minimum Gasteiger partial charge on any atom is -0.378 e. The van der Waals surface area contributed by atoms with Crippen molar-refractivity contribution < 1.29 is 9.53 Å². The number of hydrogen-bond donors (Lipinski definition) is 1. The Morgan fingerprint density at radius 2 is 1.79 bits per heavy atom. The summed E-state index contributed by atoms with van der Waals surface area (Å²) in [5.41, 5.74) is 2.75. The maximum Gasteiger partial charge on any atom is 0.237 e. The first-order valence-electron chi connectivity index (χ1n) is 9.45. The van der Waals surface area contributed by atoms with Crippen molar-refractivity contribution in [2.24, 2.45) is 0 Å². The minimum absolute atomic E-state index is 0.100. The fraction of sp³-hybridized carbons (Fsp3) is 0.300. The van der Waals surface area contributed by atoms with Crippen molar-refractivity contribution in [2.75, 3.05) is 36.5 Å². The lowest BCUT2D eigenvalue weighted by molar-refractivity contribution is -0.115. The molecule has 0 aliphatic carbocycles. The van der Waals surface area contributed by atoms with Crippen molar-refractivity contribution in [2.45, 2.75) is 17.3 Å². The highest BCUT2D eigenvalue weighted by molar-refractivity contribution is 8.00. The van der Waals surface area contributed by atoms with Crippen LogP contribution in [-0.2, 0) is 9.53 Å². The van der Waals surface area contributed by atoms with Crippen molar-refractivity contribution in [1.29, 1.82) is 0 Å². The number of carbonyl (C=O) groups excluding carboxylic acids is 1. The zero-order valence-electron chi connectivity index (χ0n) is 16.1. The van der Waals surface area contributed by atoms with E-state index in [2.05, 4.69) is 25.7 Å². The number of nitrogens with zero attached hydrogens (tertiary/aromatic N) is 5. The van der Waals surface area contributed by atoms with Crippen molar-refractivity contribution in [3.63, 3.8) is 0 Å². The lowest BCUT2D eigenvalue weighted by atomic mass is 10.2. The van der Waals surface area contributed by atoms with Gasteiger partial charge in [-0.05, 0) is 53.7 Å². The first-order chi connectivity index (χ1) is 14.2. The van der Waals surface area contributed by atoms with Crippen LogP contribution in [0.1, 0.15) is 6.92 Å². The van der Waals surface area contributed by atoms with E-state index in [0.29, 0.717) is 5.16 Å². The number of morpholine rings is 1. The van der Waals surface area contributed by atoms with Crippen LogP contribution in [0, 0.1) is 0 Å². The Morgan fingerprint density at radius 3 is 2.52 bits per heavy atom. The molecule has 4 rings (SSSR count). The average molecular weight is 411 g/mol. The zero-order chi connectivity index (χ0) is 20.1. The van der Waals surface area contributed by atoms with Crippen LogP contribution in [0.25, 0.3) is 5.69 Å². The summed E-state index contributed by atoms with van der Waals surface area (Å²) in [7, 11) is 0. The molecule has 0 bridgehead atoms. The summed E-state index contributed by atoms with van der Waals surface area (Å²) in [5, 5.41) is 15.0. The van der Waals surface area contributed by atoms with Gasteiger partial charge in [0.1, 0.15) is 0 Å². The number of benzene rings is 2. The van der Waals surface area contributed by atoms with Gasteiger partial charge in [-0.2, -0.15) is 4.68 Å². The molecule has 1 fully saturated rings. The Bertz CT molecular complexity index is 941. The molecule has 1 aliphatic heterocycles. The lowest BCUT2D eigenvalue weighted by Gasteiger charge is -2.28. The van der Waals surface area contributed by atoms with E-state index in [0.717, 1.165) is 43.4 Å². The van der Waals surface area contributed by atoms with Gasteiger partial charge < -0.3 is 15.0 Å². The highest BCUT2D eigenvalue weighted by Gasteiger charge is 2.19. The molecule has 150 valence electrons. The molecular formula is C20H22N6O2S. The molecule has 1 amide bonds. The van der Waals surface area contributed by atoms with Gasteiger partial charge in [0.15, 0.2) is 0 Å². The molecule has 1 atom stereocenters. The monoisotopic (exact) mass is 410 g/mol. The number of rotatable bonds is 6. The fourth-order valence-electron chi connectivity index (χ4n) is 3.02. The predicted molar refractivity (Wildman–Crippen MR) is 113 cm³/mol. The Kier molecular flexibility index (Phi) is 6.06. The summed E-state index contributed by atoms with van der Waals surface area (Å²) in [5.74, 6) is -0.100. The smallest absolute Gasteiger partial charge is 0.237 e. The van der Waals surface area contributed by atoms with Gasteiger partial charge in [-0.25, -0.2) is 0 Å². The molecule has 2 aromatic carbocycles. The largest absolute Gasteiger partial charge is 0.378 e. The standard InChI is InChI=1S/C20H22N6O2S/c1-15(29-20-22-23-24-26(20)18-5-3-2-4-6-18)19(27)21-16-7-9-17(10-8-16)25-11-13-28-14-12-25/h2-10,15H,11-14H2,1H3,(H,21,27)/t15-/m0/s1. The van der Waals surface area contributed by atoms with E-state index >= 15 is 0 Å². The van der Waals surface area contributed by atoms with Gasteiger partial charge >= 0.3 is 0 Å². The van der Waals surface area contributed by atoms with Crippen molar-refractivity contribution in [1.82, 2.24) is 20.2 Å². The maximum absolute atomic E-state index is 12.6. The molecule has 0 saturated carbocycles. The van der Waals surface area contributed by atoms with Gasteiger partial charge in [-0.1, -0.05) is 30.0 Å². The Morgan fingerprint density at radius 1 is 1.07 bits per heavy atom. The van der Waals surface area contributed by atoms with E-state index in [9.17, 15) is 4.79 Å². The number of amides is 1. The van der Waals surface area contributed by atoms with E-state index in [4.69, 9.17) is 4.74 Å². The SMILES string of the molecule is C[C@H](Sc1nnnn1-c1ccccc1)C(=O)Nc1ccc(N2CCOCC2)cc1. The molecule has 8 nitrogen and oxygen atoms in total. The Balaban J connectivity index is 1.37. The van der Waals surface area contributed by atoms with Gasteiger partial charge in [0.2, 0.25) is 11.1 Å². The summed E-state index contributed by atoms with van der Waals surface area (Å²) in [6.45, 7) is 5.10. The molecule has 9 heteroatoms. The highest BCUT2D eigenvalue weighted by Crippen LogP contribution is 2.24. The molecule has 1 saturated heterocycles. The Labute approximate surface area is 173 Å². The minimum atomic E-state index is -0.359. The van der Waals surface area contributed by atoms with E-state index in [1.54, 1.807) is 4.68 Å². The van der Waals surface area contributed by atoms with Crippen LogP contribution in [0.5, 0.6) is 0 Å². The molecule has 1 aliphatic rings. The van der Waals surface area contributed by atoms with E-state index < -0.39 is 0 Å². The lowest BCUT2D eigenvalue weighted by Crippen LogP contribution is -2.36. The molecule has 29 heavy (non-hydrogen) atoms. The molecule has 2 heterocycles. The van der Waals surface area contributed by atoms with Crippen molar-refractivity contribution in [3.8, 4) is 5.69 Å². The normalized spacial score (nSPS) is 15.1. The van der Waals surface area contributed by atoms with E-state index in [1.807, 2.05) is 61.5 Å². The number of tetrazole rings is 1. The average Bonchev–Trinajstić information content (AvgIpc) is 3.23. The van der Waals surface area contributed by atoms with Crippen LogP contribution < -0.4 is 10.2 Å². The third kappa shape index (κ3) is 4.75. The fourth-order valence-corrected chi connectivity index (χ4v) is 3.82. The quantitative estimate of drug-likeness (QED) is 0.625. The van der Waals surface area contributed by atoms with Crippen LogP contribution in [-0.4, -0.2) is 57.7 Å². The number of nitrogens with one attached hydrogen (secondary N) is 1. The number of hydrogen-bond acceptors (Lipinski definition) is 7. The zero-order valence-corrected chi connectivity index (χ0v) is 16.9. The molecule has 0 radical (unpaired) electrons. The van der Waals surface area contributed by atoms with E-state index in [-0.39, 0.29) is 11.2 Å². The molecule has 1 N–H and O–H groups in total. The van der Waals surface area contributed by atoms with Crippen LogP contribution in [0.4, 0.5) is 11.4 Å². The second-order valence-electron chi connectivity index (χ2n) is 6.60. The summed E-state index contributed by atoms with van der Waals surface area (Å²) >= 11 is 1.32. The molecule has 0 unspecified atom stereocenters. The number of thioether (sulfide) groups is 1. The van der Waals surface area contributed by atoms with E-state index in [1.165, 1.54) is 11.8 Å². The third-order valence-corrected chi connectivity index (χ3v) is 5.64.